The van der Waals surface area contributed by atoms with Crippen LogP contribution in [0.2, 0.25) is 0 Å². The van der Waals surface area contributed by atoms with Gasteiger partial charge in [0.05, 0.1) is 12.7 Å². The Bertz CT molecular complexity index is 294. The lowest BCUT2D eigenvalue weighted by atomic mass is 9.98. The van der Waals surface area contributed by atoms with Gasteiger partial charge in [0.2, 0.25) is 0 Å². The Hall–Kier alpha value is -0.730. The number of methoxy groups -OCH3 is 1. The fourth-order valence-electron chi connectivity index (χ4n) is 1.89. The normalized spacial score (nSPS) is 35.4. The Kier molecular flexibility index (Phi) is 6.15. The third kappa shape index (κ3) is 3.87. The molecule has 1 saturated heterocycles. The zero-order chi connectivity index (χ0) is 14.6. The molecule has 0 saturated carbocycles. The predicted octanol–water partition coefficient (Wildman–Crippen LogP) is -0.564. The molecule has 0 aromatic heterocycles. The number of carbonyl (C=O) groups is 1. The Balaban J connectivity index is 2.84. The van der Waals surface area contributed by atoms with E-state index in [0.717, 1.165) is 0 Å². The highest BCUT2D eigenvalue weighted by atomic mass is 16.7. The number of aliphatic hydroxyl groups is 2. The van der Waals surface area contributed by atoms with Crippen molar-refractivity contribution in [1.82, 2.24) is 0 Å². The van der Waals surface area contributed by atoms with E-state index in [4.69, 9.17) is 18.9 Å². The average Bonchev–Trinajstić information content (AvgIpc) is 2.34. The maximum atomic E-state index is 11.8. The molecule has 1 heterocycles. The fraction of sp³-hybridized carbons (Fsp3) is 0.917. The van der Waals surface area contributed by atoms with Crippen molar-refractivity contribution in [1.29, 1.82) is 0 Å². The molecular formula is C12H22O7. The van der Waals surface area contributed by atoms with Gasteiger partial charge in [0.15, 0.2) is 12.4 Å². The summed E-state index contributed by atoms with van der Waals surface area (Å²) in [6, 6.07) is 0. The summed E-state index contributed by atoms with van der Waals surface area (Å²) in [6.45, 7) is 5.36. The quantitative estimate of drug-likeness (QED) is 0.651. The van der Waals surface area contributed by atoms with Gasteiger partial charge in [-0.05, 0) is 20.8 Å². The first kappa shape index (κ1) is 16.3. The molecule has 7 nitrogen and oxygen atoms in total. The minimum Gasteiger partial charge on any atom is -0.464 e. The van der Waals surface area contributed by atoms with Crippen molar-refractivity contribution in [3.8, 4) is 0 Å². The zero-order valence-electron chi connectivity index (χ0n) is 11.6. The number of carbonyl (C=O) groups excluding carboxylic acids is 1. The van der Waals surface area contributed by atoms with Crippen LogP contribution in [0.3, 0.4) is 0 Å². The molecule has 112 valence electrons. The number of hydrogen-bond acceptors (Lipinski definition) is 7. The molecule has 1 unspecified atom stereocenters. The van der Waals surface area contributed by atoms with E-state index in [1.807, 2.05) is 0 Å². The van der Waals surface area contributed by atoms with Crippen LogP contribution < -0.4 is 0 Å². The van der Waals surface area contributed by atoms with E-state index in [1.54, 1.807) is 20.8 Å². The van der Waals surface area contributed by atoms with Crippen molar-refractivity contribution in [2.24, 2.45) is 0 Å². The summed E-state index contributed by atoms with van der Waals surface area (Å²) >= 11 is 0. The van der Waals surface area contributed by atoms with Crippen molar-refractivity contribution in [3.63, 3.8) is 0 Å². The van der Waals surface area contributed by atoms with Crippen LogP contribution in [0.1, 0.15) is 20.8 Å². The van der Waals surface area contributed by atoms with E-state index in [9.17, 15) is 15.0 Å². The van der Waals surface area contributed by atoms with Crippen LogP contribution in [-0.4, -0.2) is 66.7 Å². The number of aliphatic hydroxyl groups excluding tert-OH is 2. The van der Waals surface area contributed by atoms with Gasteiger partial charge in [-0.3, -0.25) is 0 Å². The highest BCUT2D eigenvalue weighted by Crippen LogP contribution is 2.25. The molecule has 5 atom stereocenters. The maximum absolute atomic E-state index is 11.8. The average molecular weight is 278 g/mol. The van der Waals surface area contributed by atoms with Crippen molar-refractivity contribution in [2.75, 3.05) is 13.7 Å². The molecule has 0 bridgehead atoms. The molecule has 7 heteroatoms. The summed E-state index contributed by atoms with van der Waals surface area (Å²) in [5, 5.41) is 19.9. The third-order valence-electron chi connectivity index (χ3n) is 2.74. The molecule has 0 spiro atoms. The predicted molar refractivity (Wildman–Crippen MR) is 64.3 cm³/mol. The van der Waals surface area contributed by atoms with Crippen molar-refractivity contribution in [2.45, 2.75) is 57.6 Å². The van der Waals surface area contributed by atoms with Gasteiger partial charge in [-0.1, -0.05) is 0 Å². The monoisotopic (exact) mass is 278 g/mol. The van der Waals surface area contributed by atoms with Gasteiger partial charge in [-0.25, -0.2) is 4.79 Å². The molecule has 0 aliphatic carbocycles. The van der Waals surface area contributed by atoms with E-state index >= 15 is 0 Å². The molecule has 0 aromatic rings. The number of esters is 1. The Morgan fingerprint density at radius 1 is 1.32 bits per heavy atom. The SMILES string of the molecule is CCOC(=O)C1O[C@@H](OC(C)C)[C@@H](O)[C@@H](O)[C@@H]1OC. The second kappa shape index (κ2) is 7.16. The van der Waals surface area contributed by atoms with Crippen LogP contribution in [-0.2, 0) is 23.7 Å². The number of ether oxygens (including phenoxy) is 4. The second-order valence-electron chi connectivity index (χ2n) is 4.54. The molecule has 0 radical (unpaired) electrons. The molecule has 0 aromatic carbocycles. The lowest BCUT2D eigenvalue weighted by molar-refractivity contribution is -0.305. The molecule has 2 N–H and O–H groups in total. The maximum Gasteiger partial charge on any atom is 0.338 e. The lowest BCUT2D eigenvalue weighted by Gasteiger charge is -2.41. The summed E-state index contributed by atoms with van der Waals surface area (Å²) in [6.07, 6.45) is -6.05. The molecule has 1 rings (SSSR count). The minimum atomic E-state index is -1.29. The summed E-state index contributed by atoms with van der Waals surface area (Å²) < 4.78 is 20.6. The van der Waals surface area contributed by atoms with Crippen molar-refractivity contribution >= 4 is 5.97 Å². The molecule has 19 heavy (non-hydrogen) atoms. The van der Waals surface area contributed by atoms with E-state index in [0.29, 0.717) is 0 Å². The second-order valence-corrected chi connectivity index (χ2v) is 4.54. The van der Waals surface area contributed by atoms with Gasteiger partial charge >= 0.3 is 5.97 Å². The van der Waals surface area contributed by atoms with Crippen LogP contribution >= 0.6 is 0 Å². The Morgan fingerprint density at radius 3 is 2.42 bits per heavy atom. The van der Waals surface area contributed by atoms with E-state index in [2.05, 4.69) is 0 Å². The summed E-state index contributed by atoms with van der Waals surface area (Å²) in [5.74, 6) is -0.655. The van der Waals surface area contributed by atoms with Crippen LogP contribution in [0.25, 0.3) is 0 Å². The van der Waals surface area contributed by atoms with E-state index in [1.165, 1.54) is 7.11 Å². The molecule has 1 aliphatic rings. The van der Waals surface area contributed by atoms with Gasteiger partial charge in [0.1, 0.15) is 18.3 Å². The highest BCUT2D eigenvalue weighted by molar-refractivity contribution is 5.75. The van der Waals surface area contributed by atoms with Gasteiger partial charge in [0, 0.05) is 7.11 Å². The largest absolute Gasteiger partial charge is 0.464 e. The molecule has 0 amide bonds. The summed E-state index contributed by atoms with van der Waals surface area (Å²) in [5.41, 5.74) is 0. The van der Waals surface area contributed by atoms with E-state index in [-0.39, 0.29) is 12.7 Å². The standard InChI is InChI=1S/C12H22O7/c1-5-17-11(15)10-9(16-4)7(13)8(14)12(19-10)18-6(2)3/h6-10,12-14H,5H2,1-4H3/t7-,8+,9+,10?,12-/m1/s1. The van der Waals surface area contributed by atoms with Gasteiger partial charge < -0.3 is 29.2 Å². The minimum absolute atomic E-state index is 0.184. The number of hydrogen-bond donors (Lipinski definition) is 2. The molecule has 1 fully saturated rings. The van der Waals surface area contributed by atoms with Crippen LogP contribution in [0.5, 0.6) is 0 Å². The first-order valence-electron chi connectivity index (χ1n) is 6.28. The highest BCUT2D eigenvalue weighted by Gasteiger charge is 2.49. The van der Waals surface area contributed by atoms with Gasteiger partial charge in [-0.15, -0.1) is 0 Å². The van der Waals surface area contributed by atoms with Crippen LogP contribution in [0.15, 0.2) is 0 Å². The molecule has 1 aliphatic heterocycles. The first-order chi connectivity index (χ1) is 8.92. The topological polar surface area (TPSA) is 94.5 Å². The van der Waals surface area contributed by atoms with Gasteiger partial charge in [-0.2, -0.15) is 0 Å². The Labute approximate surface area is 112 Å². The zero-order valence-corrected chi connectivity index (χ0v) is 11.6. The van der Waals surface area contributed by atoms with Crippen LogP contribution in [0, 0.1) is 0 Å². The number of rotatable bonds is 5. The molecular weight excluding hydrogens is 256 g/mol. The fourth-order valence-corrected chi connectivity index (χ4v) is 1.89. The van der Waals surface area contributed by atoms with Gasteiger partial charge in [0.25, 0.3) is 0 Å². The van der Waals surface area contributed by atoms with Crippen molar-refractivity contribution < 1.29 is 34.0 Å². The van der Waals surface area contributed by atoms with E-state index < -0.39 is 36.7 Å². The van der Waals surface area contributed by atoms with Crippen molar-refractivity contribution in [3.05, 3.63) is 0 Å². The smallest absolute Gasteiger partial charge is 0.338 e. The third-order valence-corrected chi connectivity index (χ3v) is 2.74. The Morgan fingerprint density at radius 2 is 1.95 bits per heavy atom. The van der Waals surface area contributed by atoms with Crippen LogP contribution in [0.4, 0.5) is 0 Å². The summed E-state index contributed by atoms with van der Waals surface area (Å²) in [7, 11) is 1.32. The lowest BCUT2D eigenvalue weighted by Crippen LogP contribution is -2.61. The summed E-state index contributed by atoms with van der Waals surface area (Å²) in [4.78, 5) is 11.8. The first-order valence-corrected chi connectivity index (χ1v) is 6.28.